The minimum atomic E-state index is -0.379. The molecule has 3 nitrogen and oxygen atoms in total. The lowest BCUT2D eigenvalue weighted by atomic mass is 10.00. The van der Waals surface area contributed by atoms with Crippen LogP contribution in [-0.4, -0.2) is 24.2 Å². The summed E-state index contributed by atoms with van der Waals surface area (Å²) in [5.74, 6) is -0.836. The quantitative estimate of drug-likeness (QED) is 0.838. The predicted molar refractivity (Wildman–Crippen MR) is 66.6 cm³/mol. The maximum absolute atomic E-state index is 13.1. The molecule has 0 aliphatic heterocycles. The molecule has 0 heterocycles. The standard InChI is InChI=1S/C14H18FNO2/c1-10(11-3-2-4-12(15)7-11)13(18)16-8-14(9-17)5-6-14/h2-4,7,10,17H,5-6,8-9H2,1H3,(H,16,18). The van der Waals surface area contributed by atoms with Crippen molar-refractivity contribution in [3.8, 4) is 0 Å². The van der Waals surface area contributed by atoms with Crippen molar-refractivity contribution in [1.82, 2.24) is 5.32 Å². The van der Waals surface area contributed by atoms with Gasteiger partial charge in [-0.3, -0.25) is 4.79 Å². The van der Waals surface area contributed by atoms with Gasteiger partial charge in [0.1, 0.15) is 5.82 Å². The lowest BCUT2D eigenvalue weighted by Gasteiger charge is -2.16. The molecule has 1 aliphatic carbocycles. The zero-order valence-electron chi connectivity index (χ0n) is 10.4. The first-order valence-corrected chi connectivity index (χ1v) is 6.20. The van der Waals surface area contributed by atoms with Crippen molar-refractivity contribution in [2.45, 2.75) is 25.7 Å². The van der Waals surface area contributed by atoms with Gasteiger partial charge in [-0.05, 0) is 37.5 Å². The SMILES string of the molecule is CC(C(=O)NCC1(CO)CC1)c1cccc(F)c1. The second kappa shape index (κ2) is 5.06. The summed E-state index contributed by atoms with van der Waals surface area (Å²) in [7, 11) is 0. The summed E-state index contributed by atoms with van der Waals surface area (Å²) in [5.41, 5.74) is 0.568. The zero-order chi connectivity index (χ0) is 13.2. The van der Waals surface area contributed by atoms with Crippen LogP contribution in [0.2, 0.25) is 0 Å². The van der Waals surface area contributed by atoms with Crippen molar-refractivity contribution >= 4 is 5.91 Å². The molecule has 1 fully saturated rings. The van der Waals surface area contributed by atoms with Crippen LogP contribution in [0.25, 0.3) is 0 Å². The molecule has 1 aliphatic rings. The van der Waals surface area contributed by atoms with E-state index in [-0.39, 0.29) is 29.7 Å². The first-order valence-electron chi connectivity index (χ1n) is 6.20. The Hall–Kier alpha value is -1.42. The van der Waals surface area contributed by atoms with E-state index in [2.05, 4.69) is 5.32 Å². The van der Waals surface area contributed by atoms with Gasteiger partial charge in [-0.25, -0.2) is 4.39 Å². The number of hydrogen-bond acceptors (Lipinski definition) is 2. The maximum atomic E-state index is 13.1. The number of halogens is 1. The Balaban J connectivity index is 1.92. The van der Waals surface area contributed by atoms with Crippen molar-refractivity contribution < 1.29 is 14.3 Å². The van der Waals surface area contributed by atoms with Crippen LogP contribution in [0.5, 0.6) is 0 Å². The van der Waals surface area contributed by atoms with E-state index in [4.69, 9.17) is 5.11 Å². The van der Waals surface area contributed by atoms with Crippen LogP contribution in [0.15, 0.2) is 24.3 Å². The Bertz CT molecular complexity index is 443. The Morgan fingerprint density at radius 2 is 2.28 bits per heavy atom. The predicted octanol–water partition coefficient (Wildman–Crippen LogP) is 1.82. The van der Waals surface area contributed by atoms with Gasteiger partial charge in [0.2, 0.25) is 5.91 Å². The number of carbonyl (C=O) groups excluding carboxylic acids is 1. The number of benzene rings is 1. The molecule has 98 valence electrons. The molecule has 0 radical (unpaired) electrons. The zero-order valence-corrected chi connectivity index (χ0v) is 10.4. The molecule has 2 rings (SSSR count). The van der Waals surface area contributed by atoms with Crippen LogP contribution in [0.1, 0.15) is 31.2 Å². The van der Waals surface area contributed by atoms with E-state index in [1.807, 2.05) is 0 Å². The molecule has 1 atom stereocenters. The molecule has 4 heteroatoms. The molecule has 0 aromatic heterocycles. The Morgan fingerprint density at radius 1 is 1.56 bits per heavy atom. The van der Waals surface area contributed by atoms with E-state index in [0.29, 0.717) is 12.1 Å². The van der Waals surface area contributed by atoms with Gasteiger partial charge in [0, 0.05) is 12.0 Å². The van der Waals surface area contributed by atoms with Gasteiger partial charge in [0.05, 0.1) is 12.5 Å². The van der Waals surface area contributed by atoms with E-state index in [0.717, 1.165) is 12.8 Å². The normalized spacial score (nSPS) is 18.2. The average molecular weight is 251 g/mol. The first-order chi connectivity index (χ1) is 8.56. The number of aliphatic hydroxyl groups excluding tert-OH is 1. The van der Waals surface area contributed by atoms with Crippen LogP contribution < -0.4 is 5.32 Å². The monoisotopic (exact) mass is 251 g/mol. The van der Waals surface area contributed by atoms with Crippen LogP contribution >= 0.6 is 0 Å². The third kappa shape index (κ3) is 2.88. The van der Waals surface area contributed by atoms with Crippen molar-refractivity contribution in [3.63, 3.8) is 0 Å². The molecule has 18 heavy (non-hydrogen) atoms. The van der Waals surface area contributed by atoms with Gasteiger partial charge in [0.15, 0.2) is 0 Å². The van der Waals surface area contributed by atoms with Crippen LogP contribution in [0.4, 0.5) is 4.39 Å². The van der Waals surface area contributed by atoms with Gasteiger partial charge in [0.25, 0.3) is 0 Å². The van der Waals surface area contributed by atoms with Crippen molar-refractivity contribution in [2.75, 3.05) is 13.2 Å². The van der Waals surface area contributed by atoms with E-state index < -0.39 is 0 Å². The molecule has 1 unspecified atom stereocenters. The summed E-state index contributed by atoms with van der Waals surface area (Å²) in [6, 6.07) is 6.08. The third-order valence-corrected chi connectivity index (χ3v) is 3.67. The fraction of sp³-hybridized carbons (Fsp3) is 0.500. The maximum Gasteiger partial charge on any atom is 0.227 e. The van der Waals surface area contributed by atoms with Crippen LogP contribution in [-0.2, 0) is 4.79 Å². The van der Waals surface area contributed by atoms with Crippen LogP contribution in [0.3, 0.4) is 0 Å². The number of hydrogen-bond donors (Lipinski definition) is 2. The molecular formula is C14H18FNO2. The fourth-order valence-electron chi connectivity index (χ4n) is 1.92. The number of amides is 1. The summed E-state index contributed by atoms with van der Waals surface area (Å²) in [4.78, 5) is 11.9. The summed E-state index contributed by atoms with van der Waals surface area (Å²) < 4.78 is 13.1. The van der Waals surface area contributed by atoms with E-state index >= 15 is 0 Å². The number of carbonyl (C=O) groups is 1. The van der Waals surface area contributed by atoms with Gasteiger partial charge in [-0.15, -0.1) is 0 Å². The van der Waals surface area contributed by atoms with E-state index in [9.17, 15) is 9.18 Å². The molecule has 0 saturated heterocycles. The Labute approximate surface area is 106 Å². The molecule has 0 bridgehead atoms. The number of rotatable bonds is 5. The van der Waals surface area contributed by atoms with E-state index in [1.54, 1.807) is 19.1 Å². The molecule has 1 saturated carbocycles. The molecule has 0 spiro atoms. The third-order valence-electron chi connectivity index (χ3n) is 3.67. The lowest BCUT2D eigenvalue weighted by Crippen LogP contribution is -2.34. The van der Waals surface area contributed by atoms with E-state index in [1.165, 1.54) is 12.1 Å². The molecule has 1 amide bonds. The highest BCUT2D eigenvalue weighted by Gasteiger charge is 2.42. The van der Waals surface area contributed by atoms with Crippen molar-refractivity contribution in [1.29, 1.82) is 0 Å². The van der Waals surface area contributed by atoms with Gasteiger partial charge < -0.3 is 10.4 Å². The summed E-state index contributed by atoms with van der Waals surface area (Å²) in [6.07, 6.45) is 1.91. The molecule has 1 aromatic carbocycles. The van der Waals surface area contributed by atoms with Crippen molar-refractivity contribution in [2.24, 2.45) is 5.41 Å². The molecular weight excluding hydrogens is 233 g/mol. The minimum absolute atomic E-state index is 0.0999. The Morgan fingerprint density at radius 3 is 2.83 bits per heavy atom. The highest BCUT2D eigenvalue weighted by molar-refractivity contribution is 5.83. The van der Waals surface area contributed by atoms with Gasteiger partial charge in [-0.2, -0.15) is 0 Å². The van der Waals surface area contributed by atoms with Gasteiger partial charge in [-0.1, -0.05) is 12.1 Å². The number of nitrogens with one attached hydrogen (secondary N) is 1. The number of aliphatic hydroxyl groups is 1. The highest BCUT2D eigenvalue weighted by Crippen LogP contribution is 2.44. The molecule has 2 N–H and O–H groups in total. The lowest BCUT2D eigenvalue weighted by molar-refractivity contribution is -0.122. The Kier molecular flexibility index (Phi) is 3.66. The second-order valence-electron chi connectivity index (χ2n) is 5.15. The molecule has 1 aromatic rings. The second-order valence-corrected chi connectivity index (χ2v) is 5.15. The topological polar surface area (TPSA) is 49.3 Å². The largest absolute Gasteiger partial charge is 0.396 e. The summed E-state index contributed by atoms with van der Waals surface area (Å²) in [5, 5.41) is 12.0. The fourth-order valence-corrected chi connectivity index (χ4v) is 1.92. The average Bonchev–Trinajstić information content (AvgIpc) is 3.16. The van der Waals surface area contributed by atoms with Gasteiger partial charge >= 0.3 is 0 Å². The summed E-state index contributed by atoms with van der Waals surface area (Å²) in [6.45, 7) is 2.37. The van der Waals surface area contributed by atoms with Crippen molar-refractivity contribution in [3.05, 3.63) is 35.6 Å². The minimum Gasteiger partial charge on any atom is -0.396 e. The summed E-state index contributed by atoms with van der Waals surface area (Å²) >= 11 is 0. The smallest absolute Gasteiger partial charge is 0.227 e. The first kappa shape index (κ1) is 13.0. The van der Waals surface area contributed by atoms with Crippen LogP contribution in [0, 0.1) is 11.2 Å². The highest BCUT2D eigenvalue weighted by atomic mass is 19.1.